The van der Waals surface area contributed by atoms with Crippen molar-refractivity contribution in [3.8, 4) is 0 Å². The minimum absolute atomic E-state index is 0.568. The molecule has 2 nitrogen and oxygen atoms in total. The molecule has 0 heterocycles. The molecular weight excluding hydrogens is 120 g/mol. The molecule has 0 N–H and O–H groups in total. The SMILES string of the molecule is C=CC.CO[SiH2]OC. The Morgan fingerprint density at radius 2 is 1.62 bits per heavy atom. The second kappa shape index (κ2) is 15.8. The van der Waals surface area contributed by atoms with Crippen molar-refractivity contribution >= 4 is 10.0 Å². The summed E-state index contributed by atoms with van der Waals surface area (Å²) in [5.41, 5.74) is 0. The molecule has 0 aromatic rings. The maximum atomic E-state index is 4.61. The van der Waals surface area contributed by atoms with Crippen molar-refractivity contribution in [3.63, 3.8) is 0 Å². The van der Waals surface area contributed by atoms with Gasteiger partial charge in [0, 0.05) is 14.2 Å². The Bertz CT molecular complexity index is 37.4. The average molecular weight is 134 g/mol. The van der Waals surface area contributed by atoms with E-state index in [1.165, 1.54) is 0 Å². The molecule has 0 aliphatic rings. The van der Waals surface area contributed by atoms with E-state index < -0.39 is 10.0 Å². The molecule has 0 aliphatic heterocycles. The summed E-state index contributed by atoms with van der Waals surface area (Å²) in [6, 6.07) is 0. The van der Waals surface area contributed by atoms with Crippen LogP contribution in [0.15, 0.2) is 12.7 Å². The van der Waals surface area contributed by atoms with Gasteiger partial charge in [-0.2, -0.15) is 0 Å². The monoisotopic (exact) mass is 134 g/mol. The lowest BCUT2D eigenvalue weighted by atomic mass is 10.8. The molecule has 0 aliphatic carbocycles. The minimum atomic E-state index is -0.568. The Hall–Kier alpha value is -0.123. The van der Waals surface area contributed by atoms with Gasteiger partial charge in [-0.3, -0.25) is 0 Å². The third-order valence-electron chi connectivity index (χ3n) is 0.236. The Balaban J connectivity index is 0. The van der Waals surface area contributed by atoms with E-state index in [0.29, 0.717) is 0 Å². The molecule has 0 radical (unpaired) electrons. The topological polar surface area (TPSA) is 18.5 Å². The lowest BCUT2D eigenvalue weighted by Crippen LogP contribution is -1.93. The van der Waals surface area contributed by atoms with E-state index in [0.717, 1.165) is 0 Å². The molecule has 0 bridgehead atoms. The zero-order valence-electron chi connectivity index (χ0n) is 5.81. The summed E-state index contributed by atoms with van der Waals surface area (Å²) in [6.45, 7) is 5.25. The van der Waals surface area contributed by atoms with Crippen LogP contribution in [-0.2, 0) is 8.85 Å². The van der Waals surface area contributed by atoms with Crippen LogP contribution in [0.4, 0.5) is 0 Å². The molecule has 0 saturated carbocycles. The highest BCUT2D eigenvalue weighted by Crippen LogP contribution is 1.55. The third kappa shape index (κ3) is 39.7. The largest absolute Gasteiger partial charge is 0.402 e. The lowest BCUT2D eigenvalue weighted by molar-refractivity contribution is 0.309. The van der Waals surface area contributed by atoms with Gasteiger partial charge in [0.2, 0.25) is 0 Å². The van der Waals surface area contributed by atoms with Crippen molar-refractivity contribution in [2.75, 3.05) is 14.2 Å². The van der Waals surface area contributed by atoms with Crippen LogP contribution >= 0.6 is 0 Å². The zero-order chi connectivity index (χ0) is 6.83. The van der Waals surface area contributed by atoms with Gasteiger partial charge in [0.15, 0.2) is 0 Å². The molecule has 0 fully saturated rings. The molecule has 0 amide bonds. The van der Waals surface area contributed by atoms with Gasteiger partial charge in [-0.15, -0.1) is 6.58 Å². The van der Waals surface area contributed by atoms with Crippen molar-refractivity contribution < 1.29 is 8.85 Å². The molecular formula is C5H14O2Si. The second-order valence-electron chi connectivity index (χ2n) is 1.10. The summed E-state index contributed by atoms with van der Waals surface area (Å²) in [6.07, 6.45) is 1.75. The molecule has 8 heavy (non-hydrogen) atoms. The van der Waals surface area contributed by atoms with Gasteiger partial charge in [0.05, 0.1) is 0 Å². The van der Waals surface area contributed by atoms with E-state index in [9.17, 15) is 0 Å². The van der Waals surface area contributed by atoms with Crippen LogP contribution in [-0.4, -0.2) is 24.2 Å². The van der Waals surface area contributed by atoms with Gasteiger partial charge >= 0.3 is 10.0 Å². The first-order valence-electron chi connectivity index (χ1n) is 2.38. The van der Waals surface area contributed by atoms with Crippen molar-refractivity contribution in [2.24, 2.45) is 0 Å². The van der Waals surface area contributed by atoms with Gasteiger partial charge in [0.1, 0.15) is 0 Å². The highest BCUT2D eigenvalue weighted by molar-refractivity contribution is 6.17. The summed E-state index contributed by atoms with van der Waals surface area (Å²) in [5.74, 6) is 0. The van der Waals surface area contributed by atoms with E-state index in [2.05, 4.69) is 15.4 Å². The normalized spacial score (nSPS) is 6.88. The number of rotatable bonds is 2. The van der Waals surface area contributed by atoms with Crippen LogP contribution < -0.4 is 0 Å². The quantitative estimate of drug-likeness (QED) is 0.404. The van der Waals surface area contributed by atoms with Gasteiger partial charge in [0.25, 0.3) is 0 Å². The van der Waals surface area contributed by atoms with E-state index >= 15 is 0 Å². The molecule has 0 spiro atoms. The highest BCUT2D eigenvalue weighted by atomic mass is 28.3. The smallest absolute Gasteiger partial charge is 0.303 e. The van der Waals surface area contributed by atoms with Crippen LogP contribution in [0.5, 0.6) is 0 Å². The van der Waals surface area contributed by atoms with Crippen LogP contribution in [0, 0.1) is 0 Å². The third-order valence-corrected chi connectivity index (χ3v) is 0.707. The first-order chi connectivity index (χ1) is 3.83. The number of hydrogen-bond donors (Lipinski definition) is 0. The molecule has 0 saturated heterocycles. The molecule has 0 aromatic heterocycles. The van der Waals surface area contributed by atoms with Crippen LogP contribution in [0.3, 0.4) is 0 Å². The van der Waals surface area contributed by atoms with Crippen molar-refractivity contribution in [2.45, 2.75) is 6.92 Å². The van der Waals surface area contributed by atoms with E-state index in [1.807, 2.05) is 6.92 Å². The average Bonchev–Trinajstić information content (AvgIpc) is 1.71. The van der Waals surface area contributed by atoms with Gasteiger partial charge < -0.3 is 8.85 Å². The summed E-state index contributed by atoms with van der Waals surface area (Å²) < 4.78 is 9.22. The second-order valence-corrected chi connectivity index (χ2v) is 2.49. The summed E-state index contributed by atoms with van der Waals surface area (Å²) in [5, 5.41) is 0. The van der Waals surface area contributed by atoms with E-state index in [-0.39, 0.29) is 0 Å². The Morgan fingerprint density at radius 3 is 1.62 bits per heavy atom. The first kappa shape index (κ1) is 10.8. The molecule has 50 valence electrons. The fourth-order valence-corrected chi connectivity index (χ4v) is 0.354. The predicted molar refractivity (Wildman–Crippen MR) is 38.4 cm³/mol. The van der Waals surface area contributed by atoms with Crippen molar-refractivity contribution in [3.05, 3.63) is 12.7 Å². The van der Waals surface area contributed by atoms with Crippen LogP contribution in [0.1, 0.15) is 6.92 Å². The number of hydrogen-bond acceptors (Lipinski definition) is 2. The minimum Gasteiger partial charge on any atom is -0.402 e. The number of allylic oxidation sites excluding steroid dienone is 1. The van der Waals surface area contributed by atoms with E-state index in [1.54, 1.807) is 20.3 Å². The standard InChI is InChI=1S/C3H6.C2H8O2Si/c1-3-2;1-3-5-4-2/h3H,1H2,2H3;5H2,1-2H3. The Kier molecular flexibility index (Phi) is 21.3. The molecule has 0 rings (SSSR count). The zero-order valence-corrected chi connectivity index (χ0v) is 7.22. The van der Waals surface area contributed by atoms with Gasteiger partial charge in [-0.1, -0.05) is 6.08 Å². The molecule has 0 aromatic carbocycles. The Morgan fingerprint density at radius 1 is 1.38 bits per heavy atom. The molecule has 0 unspecified atom stereocenters. The fourth-order valence-electron chi connectivity index (χ4n) is 0.118. The fraction of sp³-hybridized carbons (Fsp3) is 0.600. The van der Waals surface area contributed by atoms with E-state index in [4.69, 9.17) is 0 Å². The maximum Gasteiger partial charge on any atom is 0.303 e. The van der Waals surface area contributed by atoms with Crippen LogP contribution in [0.25, 0.3) is 0 Å². The van der Waals surface area contributed by atoms with Crippen LogP contribution in [0.2, 0.25) is 0 Å². The predicted octanol–water partition coefficient (Wildman–Crippen LogP) is 0.470. The van der Waals surface area contributed by atoms with Gasteiger partial charge in [-0.25, -0.2) is 0 Å². The Labute approximate surface area is 53.6 Å². The van der Waals surface area contributed by atoms with Crippen molar-refractivity contribution in [1.29, 1.82) is 0 Å². The first-order valence-corrected chi connectivity index (χ1v) is 3.53. The highest BCUT2D eigenvalue weighted by Gasteiger charge is 1.67. The molecule has 3 heteroatoms. The lowest BCUT2D eigenvalue weighted by Gasteiger charge is -1.86. The summed E-state index contributed by atoms with van der Waals surface area (Å²) >= 11 is 0. The van der Waals surface area contributed by atoms with Crippen molar-refractivity contribution in [1.82, 2.24) is 0 Å². The maximum absolute atomic E-state index is 4.61. The summed E-state index contributed by atoms with van der Waals surface area (Å²) in [7, 11) is 2.73. The summed E-state index contributed by atoms with van der Waals surface area (Å²) in [4.78, 5) is 0. The molecule has 0 atom stereocenters. The van der Waals surface area contributed by atoms with Gasteiger partial charge in [-0.05, 0) is 6.92 Å².